The third kappa shape index (κ3) is 7.88. The fourth-order valence-electron chi connectivity index (χ4n) is 2.05. The molecule has 0 atom stereocenters. The van der Waals surface area contributed by atoms with Crippen molar-refractivity contribution in [1.29, 1.82) is 0 Å². The number of rotatable bonds is 11. The highest BCUT2D eigenvalue weighted by atomic mass is 28.4. The van der Waals surface area contributed by atoms with Gasteiger partial charge >= 0.3 is 0 Å². The van der Waals surface area contributed by atoms with Crippen molar-refractivity contribution in [3.05, 3.63) is 0 Å². The third-order valence-corrected chi connectivity index (χ3v) is 9.33. The highest BCUT2D eigenvalue weighted by Gasteiger charge is 2.36. The Bertz CT molecular complexity index is 451. The van der Waals surface area contributed by atoms with Crippen molar-refractivity contribution in [3.63, 3.8) is 0 Å². The van der Waals surface area contributed by atoms with Crippen molar-refractivity contribution < 1.29 is 18.7 Å². The zero-order valence-electron chi connectivity index (χ0n) is 16.4. The minimum atomic E-state index is -1.65. The summed E-state index contributed by atoms with van der Waals surface area (Å²) in [5.74, 6) is 2.31. The quantitative estimate of drug-likeness (QED) is 0.339. The van der Waals surface area contributed by atoms with Gasteiger partial charge in [0.1, 0.15) is 13.2 Å². The van der Waals surface area contributed by atoms with Crippen LogP contribution in [0.15, 0.2) is 0 Å². The standard InChI is InChI=1S/C18H34N2O4Si/c1-7-10-22-15-17(21)20-13-16(14-20)23-11-8-19-9-12-24-25(5,6)18(2,3)4/h1,16,19H,8-15H2,2-6H3. The summed E-state index contributed by atoms with van der Waals surface area (Å²) in [6.45, 7) is 15.7. The normalized spacial score (nSPS) is 15.8. The number of nitrogens with zero attached hydrogens (tertiary/aromatic N) is 1. The van der Waals surface area contributed by atoms with Crippen LogP contribution in [0.1, 0.15) is 20.8 Å². The Labute approximate surface area is 153 Å². The van der Waals surface area contributed by atoms with Crippen LogP contribution in [0.4, 0.5) is 0 Å². The molecule has 0 aromatic carbocycles. The predicted octanol–water partition coefficient (Wildman–Crippen LogP) is 1.47. The first-order valence-electron chi connectivity index (χ1n) is 8.92. The van der Waals surface area contributed by atoms with Gasteiger partial charge in [0.05, 0.1) is 12.7 Å². The monoisotopic (exact) mass is 370 g/mol. The lowest BCUT2D eigenvalue weighted by Gasteiger charge is -2.38. The highest BCUT2D eigenvalue weighted by Crippen LogP contribution is 2.36. The molecule has 144 valence electrons. The molecule has 0 unspecified atom stereocenters. The van der Waals surface area contributed by atoms with Crippen LogP contribution in [0.25, 0.3) is 0 Å². The summed E-state index contributed by atoms with van der Waals surface area (Å²) in [6.07, 6.45) is 5.19. The molecular formula is C18H34N2O4Si. The van der Waals surface area contributed by atoms with Gasteiger partial charge in [-0.2, -0.15) is 0 Å². The predicted molar refractivity (Wildman–Crippen MR) is 102 cm³/mol. The first kappa shape index (κ1) is 22.1. The smallest absolute Gasteiger partial charge is 0.248 e. The van der Waals surface area contributed by atoms with Gasteiger partial charge in [0, 0.05) is 32.8 Å². The molecule has 1 amide bonds. The third-order valence-electron chi connectivity index (χ3n) is 4.79. The molecule has 0 spiro atoms. The van der Waals surface area contributed by atoms with Crippen molar-refractivity contribution in [2.75, 3.05) is 52.6 Å². The summed E-state index contributed by atoms with van der Waals surface area (Å²) in [5.41, 5.74) is 0. The van der Waals surface area contributed by atoms with Crippen LogP contribution in [0, 0.1) is 12.3 Å². The minimum absolute atomic E-state index is 0.0315. The van der Waals surface area contributed by atoms with E-state index in [0.29, 0.717) is 19.7 Å². The largest absolute Gasteiger partial charge is 0.416 e. The maximum absolute atomic E-state index is 11.7. The van der Waals surface area contributed by atoms with E-state index in [9.17, 15) is 4.79 Å². The first-order chi connectivity index (χ1) is 11.7. The highest BCUT2D eigenvalue weighted by molar-refractivity contribution is 6.74. The summed E-state index contributed by atoms with van der Waals surface area (Å²) >= 11 is 0. The molecule has 1 aliphatic rings. The molecule has 0 bridgehead atoms. The zero-order valence-corrected chi connectivity index (χ0v) is 17.4. The SMILES string of the molecule is C#CCOCC(=O)N1CC(OCCNCCO[Si](C)(C)C(C)(C)C)C1. The molecule has 25 heavy (non-hydrogen) atoms. The lowest BCUT2D eigenvalue weighted by Crippen LogP contribution is -2.56. The van der Waals surface area contributed by atoms with Gasteiger partial charge in [-0.3, -0.25) is 4.79 Å². The van der Waals surface area contributed by atoms with Crippen LogP contribution in [0.5, 0.6) is 0 Å². The molecule has 0 aliphatic carbocycles. The van der Waals surface area contributed by atoms with E-state index >= 15 is 0 Å². The second-order valence-electron chi connectivity index (χ2n) is 7.85. The molecule has 1 aliphatic heterocycles. The Hall–Kier alpha value is -0.913. The van der Waals surface area contributed by atoms with Gasteiger partial charge in [-0.1, -0.05) is 26.7 Å². The summed E-state index contributed by atoms with van der Waals surface area (Å²) in [4.78, 5) is 13.4. The van der Waals surface area contributed by atoms with Crippen LogP contribution in [0.3, 0.4) is 0 Å². The average Bonchev–Trinajstić information content (AvgIpc) is 2.46. The molecule has 0 radical (unpaired) electrons. The van der Waals surface area contributed by atoms with Crippen molar-refractivity contribution in [2.45, 2.75) is 45.0 Å². The number of terminal acetylenes is 1. The van der Waals surface area contributed by atoms with Crippen molar-refractivity contribution >= 4 is 14.2 Å². The molecule has 1 heterocycles. The molecule has 1 N–H and O–H groups in total. The van der Waals surface area contributed by atoms with Gasteiger partial charge in [-0.05, 0) is 18.1 Å². The molecule has 1 fully saturated rings. The molecule has 1 saturated heterocycles. The number of likely N-dealkylation sites (tertiary alicyclic amines) is 1. The van der Waals surface area contributed by atoms with Crippen LogP contribution in [0.2, 0.25) is 18.1 Å². The lowest BCUT2D eigenvalue weighted by atomic mass is 10.1. The summed E-state index contributed by atoms with van der Waals surface area (Å²) in [6, 6.07) is 0. The van der Waals surface area contributed by atoms with E-state index in [-0.39, 0.29) is 30.3 Å². The number of hydrogen-bond donors (Lipinski definition) is 1. The van der Waals surface area contributed by atoms with Gasteiger partial charge < -0.3 is 24.1 Å². The van der Waals surface area contributed by atoms with E-state index in [1.165, 1.54) is 0 Å². The topological polar surface area (TPSA) is 60.0 Å². The van der Waals surface area contributed by atoms with E-state index < -0.39 is 8.32 Å². The Morgan fingerprint density at radius 3 is 2.52 bits per heavy atom. The van der Waals surface area contributed by atoms with E-state index in [4.69, 9.17) is 20.3 Å². The summed E-state index contributed by atoms with van der Waals surface area (Å²) in [7, 11) is -1.65. The van der Waals surface area contributed by atoms with Gasteiger partial charge in [-0.25, -0.2) is 0 Å². The maximum atomic E-state index is 11.7. The van der Waals surface area contributed by atoms with E-state index in [1.54, 1.807) is 4.90 Å². The maximum Gasteiger partial charge on any atom is 0.248 e. The van der Waals surface area contributed by atoms with Gasteiger partial charge in [0.25, 0.3) is 0 Å². The van der Waals surface area contributed by atoms with Crippen molar-refractivity contribution in [2.24, 2.45) is 0 Å². The first-order valence-corrected chi connectivity index (χ1v) is 11.8. The van der Waals surface area contributed by atoms with Crippen LogP contribution >= 0.6 is 0 Å². The van der Waals surface area contributed by atoms with Crippen LogP contribution < -0.4 is 5.32 Å². The summed E-state index contributed by atoms with van der Waals surface area (Å²) in [5, 5.41) is 3.58. The van der Waals surface area contributed by atoms with Crippen LogP contribution in [-0.4, -0.2) is 77.8 Å². The fraction of sp³-hybridized carbons (Fsp3) is 0.833. The molecule has 0 saturated carbocycles. The molecule has 6 nitrogen and oxygen atoms in total. The lowest BCUT2D eigenvalue weighted by molar-refractivity contribution is -0.149. The molecule has 0 aromatic rings. The number of amides is 1. The molecule has 0 aromatic heterocycles. The second-order valence-corrected chi connectivity index (χ2v) is 12.7. The molecule has 1 rings (SSSR count). The van der Waals surface area contributed by atoms with Crippen molar-refractivity contribution in [1.82, 2.24) is 10.2 Å². The van der Waals surface area contributed by atoms with Crippen LogP contribution in [-0.2, 0) is 18.7 Å². The number of nitrogens with one attached hydrogen (secondary N) is 1. The number of carbonyl (C=O) groups is 1. The van der Waals surface area contributed by atoms with Crippen molar-refractivity contribution in [3.8, 4) is 12.3 Å². The van der Waals surface area contributed by atoms with E-state index in [1.807, 2.05) is 0 Å². The number of ether oxygens (including phenoxy) is 2. The summed E-state index contributed by atoms with van der Waals surface area (Å²) < 4.78 is 16.9. The number of carbonyl (C=O) groups excluding carboxylic acids is 1. The van der Waals surface area contributed by atoms with E-state index in [2.05, 4.69) is 45.1 Å². The molecular weight excluding hydrogens is 336 g/mol. The number of hydrogen-bond acceptors (Lipinski definition) is 5. The minimum Gasteiger partial charge on any atom is -0.416 e. The second kappa shape index (κ2) is 10.3. The average molecular weight is 371 g/mol. The van der Waals surface area contributed by atoms with Gasteiger partial charge in [0.2, 0.25) is 5.91 Å². The Morgan fingerprint density at radius 2 is 1.92 bits per heavy atom. The zero-order chi connectivity index (χ0) is 18.9. The molecule has 7 heteroatoms. The van der Waals surface area contributed by atoms with Gasteiger partial charge in [-0.15, -0.1) is 6.42 Å². The fourth-order valence-corrected chi connectivity index (χ4v) is 3.10. The Kier molecular flexibility index (Phi) is 9.11. The Balaban J connectivity index is 1.97. The van der Waals surface area contributed by atoms with Gasteiger partial charge in [0.15, 0.2) is 8.32 Å². The Morgan fingerprint density at radius 1 is 1.28 bits per heavy atom. The van der Waals surface area contributed by atoms with E-state index in [0.717, 1.165) is 19.7 Å².